The third kappa shape index (κ3) is 3.33. The molecule has 140 valence electrons. The molecule has 7 nitrogen and oxygen atoms in total. The van der Waals surface area contributed by atoms with E-state index in [2.05, 4.69) is 4.98 Å². The lowest BCUT2D eigenvalue weighted by molar-refractivity contribution is -0.200. The van der Waals surface area contributed by atoms with Crippen molar-refractivity contribution in [3.8, 4) is 0 Å². The number of halogens is 3. The molecule has 0 radical (unpaired) electrons. The zero-order valence-corrected chi connectivity index (χ0v) is 13.7. The van der Waals surface area contributed by atoms with Gasteiger partial charge in [-0.25, -0.2) is 4.79 Å². The Hall–Kier alpha value is -3.43. The van der Waals surface area contributed by atoms with Gasteiger partial charge in [-0.05, 0) is 29.8 Å². The summed E-state index contributed by atoms with van der Waals surface area (Å²) < 4.78 is 41.2. The van der Waals surface area contributed by atoms with Crippen LogP contribution in [0, 0.1) is 0 Å². The molecule has 1 aliphatic rings. The van der Waals surface area contributed by atoms with Gasteiger partial charge in [-0.1, -0.05) is 18.2 Å². The molecule has 0 bridgehead atoms. The van der Waals surface area contributed by atoms with Crippen LogP contribution in [0.2, 0.25) is 0 Å². The first-order chi connectivity index (χ1) is 12.7. The van der Waals surface area contributed by atoms with Crippen LogP contribution in [-0.2, 0) is 11.3 Å². The first-order valence-electron chi connectivity index (χ1n) is 7.72. The molecule has 1 saturated heterocycles. The highest BCUT2D eigenvalue weighted by atomic mass is 19.4. The number of urea groups is 1. The lowest BCUT2D eigenvalue weighted by Crippen LogP contribution is -2.69. The lowest BCUT2D eigenvalue weighted by atomic mass is 10.1. The molecular weight excluding hydrogens is 365 g/mol. The van der Waals surface area contributed by atoms with Crippen LogP contribution in [0.3, 0.4) is 0 Å². The summed E-state index contributed by atoms with van der Waals surface area (Å²) in [6.45, 7) is -0.397. The molecule has 4 amide bonds. The minimum Gasteiger partial charge on any atom is -0.314 e. The fourth-order valence-electron chi connectivity index (χ4n) is 2.57. The molecule has 0 spiro atoms. The van der Waals surface area contributed by atoms with Crippen molar-refractivity contribution < 1.29 is 27.6 Å². The van der Waals surface area contributed by atoms with E-state index in [9.17, 15) is 27.6 Å². The van der Waals surface area contributed by atoms with Gasteiger partial charge in [0.05, 0.1) is 6.54 Å². The number of amides is 4. The highest BCUT2D eigenvalue weighted by Gasteiger charge is 2.68. The summed E-state index contributed by atoms with van der Waals surface area (Å²) in [6, 6.07) is 8.72. The number of imide groups is 1. The molecule has 1 aromatic heterocycles. The largest absolute Gasteiger partial charge is 0.440 e. The Morgan fingerprint density at radius 3 is 2.33 bits per heavy atom. The fourth-order valence-corrected chi connectivity index (χ4v) is 2.57. The highest BCUT2D eigenvalue weighted by Crippen LogP contribution is 2.34. The van der Waals surface area contributed by atoms with Gasteiger partial charge in [0, 0.05) is 18.0 Å². The van der Waals surface area contributed by atoms with E-state index in [1.807, 2.05) is 0 Å². The molecule has 0 unspecified atom stereocenters. The molecule has 3 rings (SSSR count). The van der Waals surface area contributed by atoms with E-state index in [4.69, 9.17) is 0 Å². The molecule has 2 heterocycles. The second kappa shape index (κ2) is 6.71. The molecule has 1 aliphatic heterocycles. The van der Waals surface area contributed by atoms with Crippen LogP contribution in [0.15, 0.2) is 54.9 Å². The Balaban J connectivity index is 1.92. The molecule has 0 saturated carbocycles. The Morgan fingerprint density at radius 1 is 1.11 bits per heavy atom. The smallest absolute Gasteiger partial charge is 0.314 e. The second-order valence-electron chi connectivity index (χ2n) is 5.74. The zero-order valence-electron chi connectivity index (χ0n) is 13.7. The van der Waals surface area contributed by atoms with Crippen LogP contribution >= 0.6 is 0 Å². The van der Waals surface area contributed by atoms with E-state index in [1.165, 1.54) is 48.8 Å². The summed E-state index contributed by atoms with van der Waals surface area (Å²) in [5, 5.41) is 3.24. The van der Waals surface area contributed by atoms with Crippen molar-refractivity contribution in [1.29, 1.82) is 0 Å². The lowest BCUT2D eigenvalue weighted by Gasteiger charge is -2.29. The van der Waals surface area contributed by atoms with Gasteiger partial charge in [0.1, 0.15) is 0 Å². The van der Waals surface area contributed by atoms with Crippen molar-refractivity contribution in [2.75, 3.05) is 0 Å². The van der Waals surface area contributed by atoms with Crippen LogP contribution in [-0.4, -0.2) is 39.6 Å². The predicted octanol–water partition coefficient (Wildman–Crippen LogP) is 1.82. The summed E-state index contributed by atoms with van der Waals surface area (Å²) in [4.78, 5) is 41.0. The number of rotatable bonds is 4. The molecule has 10 heteroatoms. The van der Waals surface area contributed by atoms with E-state index in [1.54, 1.807) is 16.7 Å². The van der Waals surface area contributed by atoms with E-state index in [0.717, 1.165) is 0 Å². The van der Waals surface area contributed by atoms with Gasteiger partial charge in [0.15, 0.2) is 0 Å². The maximum Gasteiger partial charge on any atom is 0.440 e. The SMILES string of the molecule is O=C(N[C@@]1(C(F)(F)F)NC(=O)N(Cc2ccncc2)C1=O)c1ccccc1. The number of aromatic nitrogens is 1. The average Bonchev–Trinajstić information content (AvgIpc) is 2.88. The predicted molar refractivity (Wildman–Crippen MR) is 86.0 cm³/mol. The van der Waals surface area contributed by atoms with E-state index < -0.39 is 36.2 Å². The summed E-state index contributed by atoms with van der Waals surface area (Å²) in [7, 11) is 0. The van der Waals surface area contributed by atoms with Gasteiger partial charge in [-0.2, -0.15) is 13.2 Å². The highest BCUT2D eigenvalue weighted by molar-refractivity contribution is 6.10. The first kappa shape index (κ1) is 18.4. The quantitative estimate of drug-likeness (QED) is 0.794. The van der Waals surface area contributed by atoms with Crippen LogP contribution in [0.1, 0.15) is 15.9 Å². The van der Waals surface area contributed by atoms with Crippen molar-refractivity contribution in [2.24, 2.45) is 0 Å². The average molecular weight is 378 g/mol. The Kier molecular flexibility index (Phi) is 4.56. The molecule has 2 N–H and O–H groups in total. The van der Waals surface area contributed by atoms with Gasteiger partial charge in [-0.15, -0.1) is 0 Å². The third-order valence-corrected chi connectivity index (χ3v) is 3.96. The summed E-state index contributed by atoms with van der Waals surface area (Å²) in [5.41, 5.74) is -3.22. The topological polar surface area (TPSA) is 91.4 Å². The minimum atomic E-state index is -5.25. The van der Waals surface area contributed by atoms with Gasteiger partial charge in [0.2, 0.25) is 0 Å². The Morgan fingerprint density at radius 2 is 1.74 bits per heavy atom. The second-order valence-corrected chi connectivity index (χ2v) is 5.74. The fraction of sp³-hybridized carbons (Fsp3) is 0.176. The molecule has 1 atom stereocenters. The summed E-state index contributed by atoms with van der Waals surface area (Å²) >= 11 is 0. The molecule has 1 fully saturated rings. The molecule has 2 aromatic rings. The third-order valence-electron chi connectivity index (χ3n) is 3.96. The van der Waals surface area contributed by atoms with Crippen LogP contribution in [0.5, 0.6) is 0 Å². The van der Waals surface area contributed by atoms with Crippen LogP contribution < -0.4 is 10.6 Å². The number of hydrogen-bond donors (Lipinski definition) is 2. The van der Waals surface area contributed by atoms with Crippen molar-refractivity contribution in [3.63, 3.8) is 0 Å². The normalized spacial score (nSPS) is 19.7. The van der Waals surface area contributed by atoms with Gasteiger partial charge >= 0.3 is 12.2 Å². The van der Waals surface area contributed by atoms with Crippen molar-refractivity contribution in [1.82, 2.24) is 20.5 Å². The zero-order chi connectivity index (χ0) is 19.7. The Labute approximate surface area is 151 Å². The van der Waals surface area contributed by atoms with E-state index in [-0.39, 0.29) is 5.56 Å². The number of nitrogens with one attached hydrogen (secondary N) is 2. The molecule has 0 aliphatic carbocycles. The van der Waals surface area contributed by atoms with Crippen LogP contribution in [0.25, 0.3) is 0 Å². The van der Waals surface area contributed by atoms with E-state index in [0.29, 0.717) is 10.5 Å². The number of carbonyl (C=O) groups excluding carboxylic acids is 3. The van der Waals surface area contributed by atoms with E-state index >= 15 is 0 Å². The number of carbonyl (C=O) groups is 3. The van der Waals surface area contributed by atoms with Crippen LogP contribution in [0.4, 0.5) is 18.0 Å². The van der Waals surface area contributed by atoms with Gasteiger partial charge < -0.3 is 5.32 Å². The Bertz CT molecular complexity index is 874. The van der Waals surface area contributed by atoms with Crippen molar-refractivity contribution in [3.05, 3.63) is 66.0 Å². The number of nitrogens with zero attached hydrogens (tertiary/aromatic N) is 2. The van der Waals surface area contributed by atoms with Gasteiger partial charge in [-0.3, -0.25) is 24.8 Å². The van der Waals surface area contributed by atoms with Crippen molar-refractivity contribution in [2.45, 2.75) is 18.4 Å². The summed E-state index contributed by atoms with van der Waals surface area (Å²) in [6.07, 6.45) is -2.50. The molecule has 1 aromatic carbocycles. The first-order valence-corrected chi connectivity index (χ1v) is 7.72. The molecular formula is C17H13F3N4O3. The van der Waals surface area contributed by atoms with Gasteiger partial charge in [0.25, 0.3) is 17.5 Å². The maximum absolute atomic E-state index is 13.7. The van der Waals surface area contributed by atoms with Crippen molar-refractivity contribution >= 4 is 17.8 Å². The molecule has 27 heavy (non-hydrogen) atoms. The standard InChI is InChI=1S/C17H13F3N4O3/c18-17(19,20)16(22-13(25)12-4-2-1-3-5-12)14(26)24(15(27)23-16)10-11-6-8-21-9-7-11/h1-9H,10H2,(H,22,25)(H,23,27)/t16-/m1/s1. The number of benzene rings is 1. The minimum absolute atomic E-state index is 0.0873. The number of alkyl halides is 3. The number of hydrogen-bond acceptors (Lipinski definition) is 4. The maximum atomic E-state index is 13.7. The monoisotopic (exact) mass is 378 g/mol. The number of pyridine rings is 1. The summed E-state index contributed by atoms with van der Waals surface area (Å²) in [5.74, 6) is -2.76.